The van der Waals surface area contributed by atoms with Gasteiger partial charge < -0.3 is 15.0 Å². The molecule has 1 amide bonds. The molecular formula is C21H30N4O3S+2. The van der Waals surface area contributed by atoms with E-state index >= 15 is 0 Å². The van der Waals surface area contributed by atoms with Gasteiger partial charge in [-0.15, -0.1) is 11.3 Å². The van der Waals surface area contributed by atoms with Gasteiger partial charge in [0, 0.05) is 10.9 Å². The van der Waals surface area contributed by atoms with E-state index in [1.54, 1.807) is 6.92 Å². The topological polar surface area (TPSA) is 77.2 Å². The average Bonchev–Trinajstić information content (AvgIpc) is 3.04. The summed E-state index contributed by atoms with van der Waals surface area (Å²) >= 11 is 1.45. The van der Waals surface area contributed by atoms with Crippen LogP contribution in [-0.2, 0) is 16.0 Å². The minimum atomic E-state index is -0.357. The summed E-state index contributed by atoms with van der Waals surface area (Å²) in [7, 11) is 0. The van der Waals surface area contributed by atoms with Crippen molar-refractivity contribution in [2.45, 2.75) is 27.2 Å². The Morgan fingerprint density at radius 1 is 1.28 bits per heavy atom. The average molecular weight is 419 g/mol. The second-order valence-corrected chi connectivity index (χ2v) is 8.35. The Kier molecular flexibility index (Phi) is 7.22. The lowest BCUT2D eigenvalue weighted by atomic mass is 10.1. The summed E-state index contributed by atoms with van der Waals surface area (Å²) in [6, 6.07) is 6.06. The van der Waals surface area contributed by atoms with Gasteiger partial charge >= 0.3 is 5.97 Å². The van der Waals surface area contributed by atoms with E-state index in [-0.39, 0.29) is 11.9 Å². The Labute approximate surface area is 175 Å². The maximum absolute atomic E-state index is 12.7. The molecule has 1 fully saturated rings. The van der Waals surface area contributed by atoms with Gasteiger partial charge in [-0.05, 0) is 31.9 Å². The summed E-state index contributed by atoms with van der Waals surface area (Å²) < 4.78 is 5.21. The van der Waals surface area contributed by atoms with Gasteiger partial charge in [-0.25, -0.2) is 9.78 Å². The van der Waals surface area contributed by atoms with Crippen LogP contribution in [0.15, 0.2) is 24.4 Å². The summed E-state index contributed by atoms with van der Waals surface area (Å²) in [5, 5.41) is 3.58. The predicted octanol–water partition coefficient (Wildman–Crippen LogP) is 0.953. The van der Waals surface area contributed by atoms with Gasteiger partial charge in [-0.3, -0.25) is 9.69 Å². The first kappa shape index (κ1) is 21.3. The third kappa shape index (κ3) is 5.13. The molecule has 3 heterocycles. The van der Waals surface area contributed by atoms with Crippen molar-refractivity contribution in [3.63, 3.8) is 0 Å². The molecule has 3 rings (SSSR count). The van der Waals surface area contributed by atoms with E-state index in [1.165, 1.54) is 16.2 Å². The van der Waals surface area contributed by atoms with E-state index in [0.29, 0.717) is 23.7 Å². The van der Waals surface area contributed by atoms with Gasteiger partial charge in [0.2, 0.25) is 0 Å². The smallest absolute Gasteiger partial charge is 0.341 e. The number of anilines is 2. The highest BCUT2D eigenvalue weighted by atomic mass is 32.1. The highest BCUT2D eigenvalue weighted by Crippen LogP contribution is 2.34. The Bertz CT molecular complexity index is 845. The standard InChI is InChI=1S/C21H28N4O3S/c1-4-16-15(3)29-20(19(16)21(27)28-5-2)23-18(26)14-24-10-12-25(13-11-24)17-8-6-7-9-22-17/h6-9H,4-5,10-14H2,1-3H3,(H,23,26)/p+2. The molecule has 0 saturated carbocycles. The Morgan fingerprint density at radius 3 is 2.66 bits per heavy atom. The lowest BCUT2D eigenvalue weighted by Crippen LogP contribution is -3.15. The molecule has 8 heteroatoms. The number of ether oxygens (including phenoxy) is 1. The number of esters is 1. The van der Waals surface area contributed by atoms with Crippen LogP contribution < -0.4 is 20.1 Å². The molecule has 1 aliphatic rings. The zero-order valence-electron chi connectivity index (χ0n) is 17.3. The molecule has 0 aliphatic carbocycles. The predicted molar refractivity (Wildman–Crippen MR) is 114 cm³/mol. The van der Waals surface area contributed by atoms with Crippen molar-refractivity contribution in [1.82, 2.24) is 0 Å². The monoisotopic (exact) mass is 418 g/mol. The summed E-state index contributed by atoms with van der Waals surface area (Å²) in [6.45, 7) is 10.1. The van der Waals surface area contributed by atoms with E-state index < -0.39 is 0 Å². The number of nitrogens with one attached hydrogen (secondary N) is 3. The van der Waals surface area contributed by atoms with Gasteiger partial charge in [-0.1, -0.05) is 13.0 Å². The number of carbonyl (C=O) groups excluding carboxylic acids is 2. The minimum absolute atomic E-state index is 0.0609. The quantitative estimate of drug-likeness (QED) is 0.657. The molecule has 0 atom stereocenters. The normalized spacial score (nSPS) is 14.7. The van der Waals surface area contributed by atoms with E-state index in [1.807, 2.05) is 32.2 Å². The number of rotatable bonds is 7. The zero-order valence-corrected chi connectivity index (χ0v) is 18.2. The van der Waals surface area contributed by atoms with Crippen LogP contribution in [0.25, 0.3) is 0 Å². The minimum Gasteiger partial charge on any atom is -0.462 e. The molecule has 1 saturated heterocycles. The highest BCUT2D eigenvalue weighted by Gasteiger charge is 2.28. The van der Waals surface area contributed by atoms with Crippen molar-refractivity contribution < 1.29 is 24.2 Å². The van der Waals surface area contributed by atoms with E-state index in [0.717, 1.165) is 48.9 Å². The first-order chi connectivity index (χ1) is 14.0. The Balaban J connectivity index is 1.59. The number of amides is 1. The number of H-pyrrole nitrogens is 1. The fraction of sp³-hybridized carbons (Fsp3) is 0.476. The van der Waals surface area contributed by atoms with Gasteiger partial charge in [0.05, 0.1) is 18.4 Å². The number of hydrogen-bond donors (Lipinski definition) is 2. The van der Waals surface area contributed by atoms with Crippen LogP contribution in [0.4, 0.5) is 10.8 Å². The van der Waals surface area contributed by atoms with Crippen molar-refractivity contribution in [3.8, 4) is 0 Å². The number of pyridine rings is 1. The summed E-state index contributed by atoms with van der Waals surface area (Å²) in [4.78, 5) is 33.0. The highest BCUT2D eigenvalue weighted by molar-refractivity contribution is 7.16. The zero-order chi connectivity index (χ0) is 20.8. The van der Waals surface area contributed by atoms with Crippen LogP contribution in [0.1, 0.15) is 34.6 Å². The number of piperazine rings is 1. The Hall–Kier alpha value is -2.45. The fourth-order valence-corrected chi connectivity index (χ4v) is 4.88. The molecule has 2 aromatic rings. The van der Waals surface area contributed by atoms with Crippen LogP contribution in [0.3, 0.4) is 0 Å². The molecule has 0 radical (unpaired) electrons. The van der Waals surface area contributed by atoms with E-state index in [4.69, 9.17) is 4.74 Å². The van der Waals surface area contributed by atoms with Crippen LogP contribution in [0.5, 0.6) is 0 Å². The maximum atomic E-state index is 12.7. The molecule has 29 heavy (non-hydrogen) atoms. The largest absolute Gasteiger partial charge is 0.462 e. The molecular weight excluding hydrogens is 388 g/mol. The van der Waals surface area contributed by atoms with Crippen LogP contribution >= 0.6 is 11.3 Å². The summed E-state index contributed by atoms with van der Waals surface area (Å²) in [6.07, 6.45) is 2.66. The molecule has 2 aromatic heterocycles. The number of hydrogen-bond acceptors (Lipinski definition) is 5. The number of thiophene rings is 1. The number of aromatic nitrogens is 1. The third-order valence-electron chi connectivity index (χ3n) is 5.21. The molecule has 0 spiro atoms. The van der Waals surface area contributed by atoms with Crippen molar-refractivity contribution in [2.75, 3.05) is 49.5 Å². The van der Waals surface area contributed by atoms with Crippen LogP contribution in [0, 0.1) is 6.92 Å². The third-order valence-corrected chi connectivity index (χ3v) is 6.27. The summed E-state index contributed by atoms with van der Waals surface area (Å²) in [5.74, 6) is 0.689. The van der Waals surface area contributed by atoms with Crippen LogP contribution in [-0.4, -0.2) is 51.2 Å². The molecule has 0 aromatic carbocycles. The van der Waals surface area contributed by atoms with E-state index in [2.05, 4.69) is 21.3 Å². The summed E-state index contributed by atoms with van der Waals surface area (Å²) in [5.41, 5.74) is 1.48. The first-order valence-corrected chi connectivity index (χ1v) is 11.0. The van der Waals surface area contributed by atoms with Crippen molar-refractivity contribution >= 4 is 34.0 Å². The number of quaternary nitrogens is 1. The van der Waals surface area contributed by atoms with Crippen molar-refractivity contribution in [1.29, 1.82) is 0 Å². The van der Waals surface area contributed by atoms with Gasteiger partial charge in [0.25, 0.3) is 11.7 Å². The van der Waals surface area contributed by atoms with Crippen LogP contribution in [0.2, 0.25) is 0 Å². The number of aromatic amines is 1. The SMILES string of the molecule is CCOC(=O)c1c(NC(=O)C[NH+]2CCN(c3cccc[nH+]3)CC2)sc(C)c1CC. The lowest BCUT2D eigenvalue weighted by molar-refractivity contribution is -0.892. The van der Waals surface area contributed by atoms with Crippen molar-refractivity contribution in [2.24, 2.45) is 0 Å². The molecule has 1 aliphatic heterocycles. The lowest BCUT2D eigenvalue weighted by Gasteiger charge is -2.27. The number of nitrogens with zero attached hydrogens (tertiary/aromatic N) is 1. The Morgan fingerprint density at radius 2 is 2.03 bits per heavy atom. The molecule has 0 bridgehead atoms. The van der Waals surface area contributed by atoms with Gasteiger partial charge in [-0.2, -0.15) is 0 Å². The molecule has 7 nitrogen and oxygen atoms in total. The second-order valence-electron chi connectivity index (χ2n) is 7.12. The second kappa shape index (κ2) is 9.84. The maximum Gasteiger partial charge on any atom is 0.341 e. The van der Waals surface area contributed by atoms with Crippen molar-refractivity contribution in [3.05, 3.63) is 40.4 Å². The molecule has 156 valence electrons. The van der Waals surface area contributed by atoms with Gasteiger partial charge in [0.1, 0.15) is 31.2 Å². The number of carbonyl (C=O) groups is 2. The first-order valence-electron chi connectivity index (χ1n) is 10.2. The van der Waals surface area contributed by atoms with Gasteiger partial charge in [0.15, 0.2) is 6.54 Å². The number of aryl methyl sites for hydroxylation is 1. The molecule has 3 N–H and O–H groups in total. The van der Waals surface area contributed by atoms with E-state index in [9.17, 15) is 9.59 Å². The fourth-order valence-electron chi connectivity index (χ4n) is 3.73. The molecule has 0 unspecified atom stereocenters.